The van der Waals surface area contributed by atoms with E-state index in [0.29, 0.717) is 12.5 Å². The number of nitrogens with one attached hydrogen (secondary N) is 1. The van der Waals surface area contributed by atoms with Crippen LogP contribution in [-0.2, 0) is 18.4 Å². The van der Waals surface area contributed by atoms with Crippen LogP contribution in [0, 0.1) is 11.3 Å². The highest BCUT2D eigenvalue weighted by Crippen LogP contribution is 2.44. The molecule has 0 radical (unpaired) electrons. The van der Waals surface area contributed by atoms with Crippen LogP contribution in [0.3, 0.4) is 0 Å². The van der Waals surface area contributed by atoms with Crippen molar-refractivity contribution >= 4 is 18.3 Å². The number of carbonyl (C=O) groups is 1. The molecule has 1 amide bonds. The SMILES string of the molecule is CN(Cc1nnnn1C)C(=O)[C@@]12CCCC[C@H]1CNC2.Cl. The molecule has 2 atom stereocenters. The summed E-state index contributed by atoms with van der Waals surface area (Å²) in [6.45, 7) is 2.26. The van der Waals surface area contributed by atoms with Crippen molar-refractivity contribution in [1.29, 1.82) is 0 Å². The number of tetrazole rings is 1. The Hall–Kier alpha value is -1.21. The average Bonchev–Trinajstić information content (AvgIpc) is 3.05. The van der Waals surface area contributed by atoms with Crippen molar-refractivity contribution in [2.75, 3.05) is 20.1 Å². The Balaban J connectivity index is 0.00000161. The Bertz CT molecular complexity index is 507. The molecule has 7 nitrogen and oxygen atoms in total. The van der Waals surface area contributed by atoms with Crippen molar-refractivity contribution in [2.45, 2.75) is 32.2 Å². The molecule has 0 bridgehead atoms. The fraction of sp³-hybridized carbons (Fsp3) is 0.846. The van der Waals surface area contributed by atoms with Crippen molar-refractivity contribution in [1.82, 2.24) is 30.4 Å². The zero-order valence-electron chi connectivity index (χ0n) is 12.6. The van der Waals surface area contributed by atoms with E-state index >= 15 is 0 Å². The van der Waals surface area contributed by atoms with Crippen molar-refractivity contribution in [3.8, 4) is 0 Å². The van der Waals surface area contributed by atoms with Gasteiger partial charge in [0, 0.05) is 20.6 Å². The lowest BCUT2D eigenvalue weighted by molar-refractivity contribution is -0.144. The van der Waals surface area contributed by atoms with Crippen LogP contribution >= 0.6 is 12.4 Å². The minimum absolute atomic E-state index is 0. The zero-order valence-corrected chi connectivity index (χ0v) is 13.4. The van der Waals surface area contributed by atoms with Crippen LogP contribution < -0.4 is 5.32 Å². The summed E-state index contributed by atoms with van der Waals surface area (Å²) in [5.74, 6) is 1.45. The molecule has 21 heavy (non-hydrogen) atoms. The number of hydrogen-bond acceptors (Lipinski definition) is 5. The summed E-state index contributed by atoms with van der Waals surface area (Å²) in [4.78, 5) is 14.7. The lowest BCUT2D eigenvalue weighted by Gasteiger charge is -2.39. The van der Waals surface area contributed by atoms with E-state index in [4.69, 9.17) is 0 Å². The first-order valence-corrected chi connectivity index (χ1v) is 7.31. The predicted molar refractivity (Wildman–Crippen MR) is 79.8 cm³/mol. The average molecular weight is 315 g/mol. The summed E-state index contributed by atoms with van der Waals surface area (Å²) in [6.07, 6.45) is 4.57. The molecule has 0 unspecified atom stereocenters. The first-order chi connectivity index (χ1) is 9.63. The number of carbonyl (C=O) groups excluding carboxylic acids is 1. The Morgan fingerprint density at radius 1 is 1.52 bits per heavy atom. The number of amides is 1. The molecular weight excluding hydrogens is 292 g/mol. The number of halogens is 1. The van der Waals surface area contributed by atoms with Crippen LogP contribution in [0.25, 0.3) is 0 Å². The molecular formula is C13H23ClN6O. The van der Waals surface area contributed by atoms with Gasteiger partial charge in [-0.3, -0.25) is 4.79 Å². The fourth-order valence-corrected chi connectivity index (χ4v) is 3.71. The van der Waals surface area contributed by atoms with Gasteiger partial charge in [0.1, 0.15) is 0 Å². The van der Waals surface area contributed by atoms with Crippen LogP contribution in [-0.4, -0.2) is 51.2 Å². The summed E-state index contributed by atoms with van der Waals surface area (Å²) in [6, 6.07) is 0. The third kappa shape index (κ3) is 2.76. The predicted octanol–water partition coefficient (Wildman–Crippen LogP) is 0.370. The first kappa shape index (κ1) is 16.2. The number of nitrogens with zero attached hydrogens (tertiary/aromatic N) is 5. The minimum Gasteiger partial charge on any atom is -0.338 e. The number of hydrogen-bond donors (Lipinski definition) is 1. The van der Waals surface area contributed by atoms with Crippen molar-refractivity contribution in [3.63, 3.8) is 0 Å². The highest BCUT2D eigenvalue weighted by atomic mass is 35.5. The van der Waals surface area contributed by atoms with Gasteiger partial charge in [-0.2, -0.15) is 0 Å². The van der Waals surface area contributed by atoms with E-state index < -0.39 is 0 Å². The maximum absolute atomic E-state index is 12.9. The third-order valence-corrected chi connectivity index (χ3v) is 4.90. The first-order valence-electron chi connectivity index (χ1n) is 7.31. The van der Waals surface area contributed by atoms with E-state index in [0.717, 1.165) is 38.2 Å². The number of aromatic nitrogens is 4. The van der Waals surface area contributed by atoms with Crippen LogP contribution in [0.15, 0.2) is 0 Å². The normalized spacial score (nSPS) is 27.8. The molecule has 1 aromatic rings. The highest BCUT2D eigenvalue weighted by molar-refractivity contribution is 5.85. The van der Waals surface area contributed by atoms with Gasteiger partial charge in [0.05, 0.1) is 12.0 Å². The van der Waals surface area contributed by atoms with E-state index in [1.54, 1.807) is 16.6 Å². The monoisotopic (exact) mass is 314 g/mol. The molecule has 8 heteroatoms. The van der Waals surface area contributed by atoms with Crippen molar-refractivity contribution in [3.05, 3.63) is 5.82 Å². The van der Waals surface area contributed by atoms with Gasteiger partial charge in [-0.05, 0) is 35.7 Å². The lowest BCUT2D eigenvalue weighted by Crippen LogP contribution is -2.48. The summed E-state index contributed by atoms with van der Waals surface area (Å²) in [7, 11) is 3.65. The van der Waals surface area contributed by atoms with Gasteiger partial charge >= 0.3 is 0 Å². The van der Waals surface area contributed by atoms with E-state index in [9.17, 15) is 4.79 Å². The molecule has 1 N–H and O–H groups in total. The Kier molecular flexibility index (Phi) is 4.83. The fourth-order valence-electron chi connectivity index (χ4n) is 3.71. The molecule has 1 aliphatic carbocycles. The molecule has 2 aliphatic rings. The molecule has 118 valence electrons. The van der Waals surface area contributed by atoms with E-state index in [2.05, 4.69) is 20.8 Å². The summed E-state index contributed by atoms with van der Waals surface area (Å²) in [5, 5.41) is 14.8. The topological polar surface area (TPSA) is 75.9 Å². The van der Waals surface area contributed by atoms with Gasteiger partial charge < -0.3 is 10.2 Å². The van der Waals surface area contributed by atoms with Gasteiger partial charge in [0.25, 0.3) is 0 Å². The van der Waals surface area contributed by atoms with Crippen LogP contribution in [0.5, 0.6) is 0 Å². The second-order valence-electron chi connectivity index (χ2n) is 6.11. The standard InChI is InChI=1S/C13H22N6O.ClH/c1-18(8-11-15-16-17-19(11)2)12(20)13-6-4-3-5-10(13)7-14-9-13;/h10,14H,3-9H2,1-2H3;1H/t10-,13+;/m0./s1. The largest absolute Gasteiger partial charge is 0.338 e. The molecule has 1 saturated heterocycles. The summed E-state index contributed by atoms with van der Waals surface area (Å²) < 4.78 is 1.62. The molecule has 1 saturated carbocycles. The van der Waals surface area contributed by atoms with E-state index in [1.807, 2.05) is 7.05 Å². The van der Waals surface area contributed by atoms with Gasteiger partial charge in [-0.15, -0.1) is 17.5 Å². The maximum Gasteiger partial charge on any atom is 0.230 e. The zero-order chi connectivity index (χ0) is 14.2. The number of aryl methyl sites for hydroxylation is 1. The quantitative estimate of drug-likeness (QED) is 0.872. The van der Waals surface area contributed by atoms with Gasteiger partial charge in [0.15, 0.2) is 5.82 Å². The molecule has 1 aliphatic heterocycles. The van der Waals surface area contributed by atoms with Crippen LogP contribution in [0.4, 0.5) is 0 Å². The molecule has 0 spiro atoms. The van der Waals surface area contributed by atoms with Crippen LogP contribution in [0.1, 0.15) is 31.5 Å². The molecule has 3 rings (SSSR count). The highest BCUT2D eigenvalue weighted by Gasteiger charge is 2.50. The lowest BCUT2D eigenvalue weighted by atomic mass is 9.67. The van der Waals surface area contributed by atoms with E-state index in [-0.39, 0.29) is 23.7 Å². The van der Waals surface area contributed by atoms with Crippen molar-refractivity contribution in [2.24, 2.45) is 18.4 Å². The molecule has 2 heterocycles. The molecule has 0 aromatic carbocycles. The third-order valence-electron chi connectivity index (χ3n) is 4.90. The summed E-state index contributed by atoms with van der Waals surface area (Å²) in [5.41, 5.74) is -0.195. The van der Waals surface area contributed by atoms with Crippen LogP contribution in [0.2, 0.25) is 0 Å². The smallest absolute Gasteiger partial charge is 0.230 e. The summed E-state index contributed by atoms with van der Waals surface area (Å²) >= 11 is 0. The van der Waals surface area contributed by atoms with E-state index in [1.165, 1.54) is 6.42 Å². The molecule has 1 aromatic heterocycles. The number of rotatable bonds is 3. The second-order valence-corrected chi connectivity index (χ2v) is 6.11. The van der Waals surface area contributed by atoms with Gasteiger partial charge in [-0.25, -0.2) is 4.68 Å². The second kappa shape index (κ2) is 6.27. The van der Waals surface area contributed by atoms with Gasteiger partial charge in [-0.1, -0.05) is 12.8 Å². The number of fused-ring (bicyclic) bond motifs is 1. The Labute approximate surface area is 130 Å². The maximum atomic E-state index is 12.9. The Morgan fingerprint density at radius 2 is 2.33 bits per heavy atom. The van der Waals surface area contributed by atoms with Gasteiger partial charge in [0.2, 0.25) is 5.91 Å². The minimum atomic E-state index is -0.195. The Morgan fingerprint density at radius 3 is 3.05 bits per heavy atom. The van der Waals surface area contributed by atoms with Crippen molar-refractivity contribution < 1.29 is 4.79 Å². The molecule has 2 fully saturated rings.